The van der Waals surface area contributed by atoms with Gasteiger partial charge in [0.15, 0.2) is 5.65 Å². The Labute approximate surface area is 118 Å². The molecular weight excluding hydrogens is 254 g/mol. The summed E-state index contributed by atoms with van der Waals surface area (Å²) in [7, 11) is 0. The van der Waals surface area contributed by atoms with Crippen LogP contribution in [-0.4, -0.2) is 26.2 Å². The Morgan fingerprint density at radius 3 is 2.90 bits per heavy atom. The Kier molecular flexibility index (Phi) is 5.11. The minimum Gasteiger partial charge on any atom is -0.367 e. The van der Waals surface area contributed by atoms with Gasteiger partial charge in [-0.2, -0.15) is 15.1 Å². The van der Waals surface area contributed by atoms with E-state index in [4.69, 9.17) is 5.84 Å². The fraction of sp³-hybridized carbons (Fsp3) is 0.615. The molecule has 1 unspecified atom stereocenters. The number of anilines is 2. The molecule has 0 spiro atoms. The van der Waals surface area contributed by atoms with Crippen molar-refractivity contribution in [2.24, 2.45) is 5.84 Å². The van der Waals surface area contributed by atoms with E-state index in [0.717, 1.165) is 17.6 Å². The maximum Gasteiger partial charge on any atom is 0.241 e. The first-order valence-electron chi connectivity index (χ1n) is 7.18. The maximum absolute atomic E-state index is 5.39. The number of nitrogen functional groups attached to an aromatic ring is 1. The van der Waals surface area contributed by atoms with Crippen molar-refractivity contribution in [1.82, 2.24) is 20.2 Å². The molecule has 110 valence electrons. The molecule has 0 aliphatic rings. The number of rotatable bonds is 8. The Morgan fingerprint density at radius 1 is 1.30 bits per heavy atom. The Morgan fingerprint density at radius 2 is 2.15 bits per heavy atom. The second-order valence-corrected chi connectivity index (χ2v) is 5.07. The molecule has 0 aliphatic heterocycles. The van der Waals surface area contributed by atoms with Gasteiger partial charge in [-0.1, -0.05) is 32.6 Å². The van der Waals surface area contributed by atoms with Gasteiger partial charge in [-0.05, 0) is 13.3 Å². The number of hydrogen-bond donors (Lipinski definition) is 4. The van der Waals surface area contributed by atoms with Crippen molar-refractivity contribution in [3.05, 3.63) is 6.20 Å². The van der Waals surface area contributed by atoms with Gasteiger partial charge in [0.2, 0.25) is 5.95 Å². The van der Waals surface area contributed by atoms with Crippen LogP contribution in [-0.2, 0) is 0 Å². The van der Waals surface area contributed by atoms with E-state index < -0.39 is 0 Å². The highest BCUT2D eigenvalue weighted by Gasteiger charge is 2.11. The van der Waals surface area contributed by atoms with Crippen LogP contribution in [0.15, 0.2) is 6.20 Å². The first-order chi connectivity index (χ1) is 9.74. The lowest BCUT2D eigenvalue weighted by Gasteiger charge is -2.15. The highest BCUT2D eigenvalue weighted by molar-refractivity contribution is 5.87. The fourth-order valence-electron chi connectivity index (χ4n) is 2.19. The van der Waals surface area contributed by atoms with Gasteiger partial charge < -0.3 is 5.32 Å². The third-order valence-corrected chi connectivity index (χ3v) is 3.31. The Bertz CT molecular complexity index is 536. The number of nitrogens with one attached hydrogen (secondary N) is 3. The van der Waals surface area contributed by atoms with Crippen molar-refractivity contribution in [2.75, 3.05) is 10.7 Å². The second kappa shape index (κ2) is 7.04. The summed E-state index contributed by atoms with van der Waals surface area (Å²) < 4.78 is 0. The van der Waals surface area contributed by atoms with Gasteiger partial charge in [0.1, 0.15) is 5.82 Å². The van der Waals surface area contributed by atoms with E-state index in [1.165, 1.54) is 25.7 Å². The number of fused-ring (bicyclic) bond motifs is 1. The summed E-state index contributed by atoms with van der Waals surface area (Å²) in [5.74, 6) is 6.53. The minimum absolute atomic E-state index is 0.352. The van der Waals surface area contributed by atoms with Gasteiger partial charge >= 0.3 is 0 Å². The standard InChI is InChI=1S/C13H23N7/c1-3-4-5-6-7-9(2)16-11-10-8-15-20-12(10)18-13(17-11)19-14/h8-9H,3-7,14H2,1-2H3,(H3,15,16,17,18,19,20). The first-order valence-corrected chi connectivity index (χ1v) is 7.18. The highest BCUT2D eigenvalue weighted by atomic mass is 15.3. The van der Waals surface area contributed by atoms with Crippen LogP contribution in [0, 0.1) is 0 Å². The van der Waals surface area contributed by atoms with E-state index in [2.05, 4.69) is 44.8 Å². The van der Waals surface area contributed by atoms with E-state index >= 15 is 0 Å². The van der Waals surface area contributed by atoms with Crippen molar-refractivity contribution >= 4 is 22.8 Å². The molecule has 2 heterocycles. The van der Waals surface area contributed by atoms with Crippen LogP contribution in [0.1, 0.15) is 46.0 Å². The second-order valence-electron chi connectivity index (χ2n) is 5.07. The molecule has 1 atom stereocenters. The topological polar surface area (TPSA) is 105 Å². The summed E-state index contributed by atoms with van der Waals surface area (Å²) in [6, 6.07) is 0.352. The molecular formula is C13H23N7. The van der Waals surface area contributed by atoms with Crippen molar-refractivity contribution in [2.45, 2.75) is 52.0 Å². The summed E-state index contributed by atoms with van der Waals surface area (Å²) in [5.41, 5.74) is 3.15. The monoisotopic (exact) mass is 277 g/mol. The predicted molar refractivity (Wildman–Crippen MR) is 81.3 cm³/mol. The molecule has 7 nitrogen and oxygen atoms in total. The summed E-state index contributed by atoms with van der Waals surface area (Å²) in [4.78, 5) is 8.56. The van der Waals surface area contributed by atoms with Crippen LogP contribution in [0.4, 0.5) is 11.8 Å². The van der Waals surface area contributed by atoms with E-state index in [0.29, 0.717) is 17.6 Å². The normalized spacial score (nSPS) is 12.6. The fourth-order valence-corrected chi connectivity index (χ4v) is 2.19. The van der Waals surface area contributed by atoms with Crippen LogP contribution in [0.2, 0.25) is 0 Å². The molecule has 0 aliphatic carbocycles. The molecule has 2 rings (SSSR count). The lowest BCUT2D eigenvalue weighted by molar-refractivity contribution is 0.593. The van der Waals surface area contributed by atoms with Crippen molar-refractivity contribution in [1.29, 1.82) is 0 Å². The molecule has 2 aromatic heterocycles. The Hall–Kier alpha value is -1.89. The molecule has 7 heteroatoms. The number of hydrazine groups is 1. The van der Waals surface area contributed by atoms with E-state index in [1.807, 2.05) is 0 Å². The van der Waals surface area contributed by atoms with Gasteiger partial charge in [0.25, 0.3) is 0 Å². The van der Waals surface area contributed by atoms with Crippen LogP contribution < -0.4 is 16.6 Å². The minimum atomic E-state index is 0.352. The smallest absolute Gasteiger partial charge is 0.241 e. The zero-order valence-electron chi connectivity index (χ0n) is 12.1. The molecule has 0 aromatic carbocycles. The molecule has 0 saturated carbocycles. The van der Waals surface area contributed by atoms with Crippen molar-refractivity contribution < 1.29 is 0 Å². The van der Waals surface area contributed by atoms with E-state index in [-0.39, 0.29) is 0 Å². The molecule has 5 N–H and O–H groups in total. The van der Waals surface area contributed by atoms with Gasteiger partial charge in [-0.15, -0.1) is 0 Å². The average Bonchev–Trinajstić information content (AvgIpc) is 2.92. The lowest BCUT2D eigenvalue weighted by atomic mass is 10.1. The molecule has 0 bridgehead atoms. The van der Waals surface area contributed by atoms with E-state index in [1.54, 1.807) is 6.20 Å². The SMILES string of the molecule is CCCCCCC(C)Nc1nc(NN)nc2[nH]ncc12. The summed E-state index contributed by atoms with van der Waals surface area (Å²) in [6.07, 6.45) is 7.91. The van der Waals surface area contributed by atoms with Crippen molar-refractivity contribution in [3.63, 3.8) is 0 Å². The zero-order chi connectivity index (χ0) is 14.4. The first kappa shape index (κ1) is 14.5. The number of H-pyrrole nitrogens is 1. The maximum atomic E-state index is 5.39. The lowest BCUT2D eigenvalue weighted by Crippen LogP contribution is -2.18. The average molecular weight is 277 g/mol. The molecule has 0 saturated heterocycles. The number of aromatic amines is 1. The molecule has 0 fully saturated rings. The summed E-state index contributed by atoms with van der Waals surface area (Å²) in [5, 5.41) is 11.1. The third kappa shape index (κ3) is 3.57. The largest absolute Gasteiger partial charge is 0.367 e. The molecule has 0 amide bonds. The van der Waals surface area contributed by atoms with Crippen LogP contribution in [0.25, 0.3) is 11.0 Å². The van der Waals surface area contributed by atoms with Crippen LogP contribution in [0.3, 0.4) is 0 Å². The molecule has 2 aromatic rings. The van der Waals surface area contributed by atoms with Crippen LogP contribution in [0.5, 0.6) is 0 Å². The number of unbranched alkanes of at least 4 members (excludes halogenated alkanes) is 3. The predicted octanol–water partition coefficient (Wildman–Crippen LogP) is 2.41. The Balaban J connectivity index is 2.02. The van der Waals surface area contributed by atoms with E-state index in [9.17, 15) is 0 Å². The number of hydrogen-bond acceptors (Lipinski definition) is 6. The van der Waals surface area contributed by atoms with Gasteiger partial charge in [-0.25, -0.2) is 5.84 Å². The summed E-state index contributed by atoms with van der Waals surface area (Å²) >= 11 is 0. The quantitative estimate of drug-likeness (QED) is 0.335. The summed E-state index contributed by atoms with van der Waals surface area (Å²) in [6.45, 7) is 4.38. The number of aromatic nitrogens is 4. The van der Waals surface area contributed by atoms with Gasteiger partial charge in [0.05, 0.1) is 11.6 Å². The molecule has 0 radical (unpaired) electrons. The third-order valence-electron chi connectivity index (χ3n) is 3.31. The number of nitrogens with two attached hydrogens (primary N) is 1. The zero-order valence-corrected chi connectivity index (χ0v) is 12.1. The van der Waals surface area contributed by atoms with Crippen molar-refractivity contribution in [3.8, 4) is 0 Å². The molecule has 20 heavy (non-hydrogen) atoms. The highest BCUT2D eigenvalue weighted by Crippen LogP contribution is 2.21. The van der Waals surface area contributed by atoms with Gasteiger partial charge in [-0.3, -0.25) is 10.5 Å². The number of nitrogens with zero attached hydrogens (tertiary/aromatic N) is 3. The van der Waals surface area contributed by atoms with Crippen LogP contribution >= 0.6 is 0 Å². The van der Waals surface area contributed by atoms with Gasteiger partial charge in [0, 0.05) is 6.04 Å².